The zero-order chi connectivity index (χ0) is 12.3. The Labute approximate surface area is 101 Å². The average Bonchev–Trinajstić information content (AvgIpc) is 2.36. The molecule has 3 unspecified atom stereocenters. The molecule has 3 nitrogen and oxygen atoms in total. The Hall–Kier alpha value is -1.35. The van der Waals surface area contributed by atoms with Crippen molar-refractivity contribution in [2.45, 2.75) is 38.4 Å². The van der Waals surface area contributed by atoms with Gasteiger partial charge >= 0.3 is 5.97 Å². The van der Waals surface area contributed by atoms with E-state index in [0.29, 0.717) is 6.42 Å². The van der Waals surface area contributed by atoms with Crippen molar-refractivity contribution < 1.29 is 14.6 Å². The second kappa shape index (κ2) is 5.32. The number of esters is 1. The minimum Gasteiger partial charge on any atom is -0.459 e. The van der Waals surface area contributed by atoms with Crippen LogP contribution in [0.2, 0.25) is 0 Å². The van der Waals surface area contributed by atoms with Crippen LogP contribution in [0.5, 0.6) is 0 Å². The number of carbonyl (C=O) groups is 1. The van der Waals surface area contributed by atoms with Crippen LogP contribution in [0, 0.1) is 5.92 Å². The van der Waals surface area contributed by atoms with Crippen LogP contribution < -0.4 is 0 Å². The fraction of sp³-hybridized carbons (Fsp3) is 0.500. The van der Waals surface area contributed by atoms with Crippen LogP contribution in [0.15, 0.2) is 30.3 Å². The topological polar surface area (TPSA) is 46.5 Å². The number of hydrogen-bond donors (Lipinski definition) is 1. The van der Waals surface area contributed by atoms with E-state index in [-0.39, 0.29) is 18.0 Å². The van der Waals surface area contributed by atoms with Gasteiger partial charge in [-0.3, -0.25) is 4.79 Å². The Bertz CT molecular complexity index is 374. The Morgan fingerprint density at radius 3 is 2.71 bits per heavy atom. The third-order valence-corrected chi connectivity index (χ3v) is 3.29. The molecule has 92 valence electrons. The lowest BCUT2D eigenvalue weighted by atomic mass is 9.75. The van der Waals surface area contributed by atoms with Crippen molar-refractivity contribution in [3.8, 4) is 0 Å². The van der Waals surface area contributed by atoms with Gasteiger partial charge in [-0.25, -0.2) is 0 Å². The molecule has 0 radical (unpaired) electrons. The molecule has 0 spiro atoms. The van der Waals surface area contributed by atoms with Gasteiger partial charge in [0, 0.05) is 12.3 Å². The maximum absolute atomic E-state index is 11.2. The Morgan fingerprint density at radius 2 is 2.12 bits per heavy atom. The summed E-state index contributed by atoms with van der Waals surface area (Å²) in [6.07, 6.45) is 1.14. The van der Waals surface area contributed by atoms with E-state index in [1.54, 1.807) is 6.92 Å². The third kappa shape index (κ3) is 2.86. The van der Waals surface area contributed by atoms with E-state index < -0.39 is 6.10 Å². The largest absolute Gasteiger partial charge is 0.459 e. The highest BCUT2D eigenvalue weighted by atomic mass is 16.6. The van der Waals surface area contributed by atoms with Gasteiger partial charge in [-0.1, -0.05) is 37.3 Å². The predicted octanol–water partition coefficient (Wildman–Crippen LogP) is 1.93. The Balaban J connectivity index is 1.91. The lowest BCUT2D eigenvalue weighted by Crippen LogP contribution is -2.50. The predicted molar refractivity (Wildman–Crippen MR) is 64.4 cm³/mol. The van der Waals surface area contributed by atoms with Crippen molar-refractivity contribution in [2.24, 2.45) is 5.92 Å². The van der Waals surface area contributed by atoms with Crippen LogP contribution in [-0.2, 0) is 16.0 Å². The van der Waals surface area contributed by atoms with Gasteiger partial charge in [-0.2, -0.15) is 0 Å². The molecule has 1 aliphatic carbocycles. The van der Waals surface area contributed by atoms with Crippen LogP contribution in [0.3, 0.4) is 0 Å². The van der Waals surface area contributed by atoms with Crippen LogP contribution in [0.25, 0.3) is 0 Å². The number of ether oxygens (including phenoxy) is 1. The van der Waals surface area contributed by atoms with Gasteiger partial charge < -0.3 is 9.84 Å². The lowest BCUT2D eigenvalue weighted by molar-refractivity contribution is -0.175. The molecule has 1 saturated carbocycles. The van der Waals surface area contributed by atoms with Gasteiger partial charge in [-0.05, 0) is 18.4 Å². The Kier molecular flexibility index (Phi) is 3.79. The molecule has 2 rings (SSSR count). The summed E-state index contributed by atoms with van der Waals surface area (Å²) in [6.45, 7) is 1.76. The van der Waals surface area contributed by atoms with Gasteiger partial charge in [0.2, 0.25) is 0 Å². The molecule has 0 saturated heterocycles. The summed E-state index contributed by atoms with van der Waals surface area (Å²) in [5.41, 5.74) is 1.22. The van der Waals surface area contributed by atoms with Crippen LogP contribution in [-0.4, -0.2) is 23.3 Å². The highest BCUT2D eigenvalue weighted by molar-refractivity contribution is 5.69. The summed E-state index contributed by atoms with van der Waals surface area (Å²) in [5, 5.41) is 9.62. The Morgan fingerprint density at radius 1 is 1.41 bits per heavy atom. The van der Waals surface area contributed by atoms with Crippen molar-refractivity contribution in [3.05, 3.63) is 35.9 Å². The second-order valence-corrected chi connectivity index (χ2v) is 4.56. The molecule has 0 aromatic heterocycles. The molecule has 1 aromatic carbocycles. The van der Waals surface area contributed by atoms with Crippen molar-refractivity contribution in [2.75, 3.05) is 0 Å². The zero-order valence-electron chi connectivity index (χ0n) is 10.0. The van der Waals surface area contributed by atoms with Gasteiger partial charge in [0.1, 0.15) is 6.10 Å². The summed E-state index contributed by atoms with van der Waals surface area (Å²) in [5.74, 6) is 0.0229. The van der Waals surface area contributed by atoms with E-state index in [4.69, 9.17) is 4.74 Å². The fourth-order valence-electron chi connectivity index (χ4n) is 2.22. The number of hydrogen-bond acceptors (Lipinski definition) is 3. The quantitative estimate of drug-likeness (QED) is 0.810. The minimum absolute atomic E-state index is 0.230. The summed E-state index contributed by atoms with van der Waals surface area (Å²) < 4.78 is 5.24. The van der Waals surface area contributed by atoms with Crippen molar-refractivity contribution >= 4 is 5.97 Å². The fourth-order valence-corrected chi connectivity index (χ4v) is 2.22. The molecular formula is C14H18O3. The van der Waals surface area contributed by atoms with E-state index >= 15 is 0 Å². The monoisotopic (exact) mass is 234 g/mol. The smallest absolute Gasteiger partial charge is 0.305 e. The van der Waals surface area contributed by atoms with Gasteiger partial charge in [-0.15, -0.1) is 0 Å². The normalized spacial score (nSPS) is 27.3. The summed E-state index contributed by atoms with van der Waals surface area (Å²) in [7, 11) is 0. The zero-order valence-corrected chi connectivity index (χ0v) is 10.0. The summed E-state index contributed by atoms with van der Waals surface area (Å²) in [6, 6.07) is 10.1. The molecule has 1 N–H and O–H groups in total. The third-order valence-electron chi connectivity index (χ3n) is 3.29. The van der Waals surface area contributed by atoms with Crippen molar-refractivity contribution in [1.29, 1.82) is 0 Å². The highest BCUT2D eigenvalue weighted by Crippen LogP contribution is 2.34. The molecule has 0 amide bonds. The SMILES string of the molecule is CCC(=O)OC1C(O)CC1Cc1ccccc1. The van der Waals surface area contributed by atoms with Crippen molar-refractivity contribution in [3.63, 3.8) is 0 Å². The van der Waals surface area contributed by atoms with Crippen LogP contribution >= 0.6 is 0 Å². The van der Waals surface area contributed by atoms with Gasteiger partial charge in [0.05, 0.1) is 6.10 Å². The standard InChI is InChI=1S/C14H18O3/c1-2-13(16)17-14-11(9-12(14)15)8-10-6-4-3-5-7-10/h3-7,11-12,14-15H,2,8-9H2,1H3. The number of aliphatic hydroxyl groups is 1. The maximum atomic E-state index is 11.2. The van der Waals surface area contributed by atoms with Crippen LogP contribution in [0.1, 0.15) is 25.3 Å². The van der Waals surface area contributed by atoms with E-state index in [0.717, 1.165) is 12.8 Å². The average molecular weight is 234 g/mol. The van der Waals surface area contributed by atoms with Crippen LogP contribution in [0.4, 0.5) is 0 Å². The molecule has 1 aromatic rings. The number of carbonyl (C=O) groups excluding carboxylic acids is 1. The molecule has 1 fully saturated rings. The first-order valence-electron chi connectivity index (χ1n) is 6.12. The molecule has 17 heavy (non-hydrogen) atoms. The highest BCUT2D eigenvalue weighted by Gasteiger charge is 2.42. The van der Waals surface area contributed by atoms with E-state index in [1.807, 2.05) is 18.2 Å². The second-order valence-electron chi connectivity index (χ2n) is 4.56. The number of aliphatic hydroxyl groups excluding tert-OH is 1. The number of benzene rings is 1. The first-order chi connectivity index (χ1) is 8.20. The van der Waals surface area contributed by atoms with Gasteiger partial charge in [0.15, 0.2) is 0 Å². The van der Waals surface area contributed by atoms with E-state index in [9.17, 15) is 9.90 Å². The molecule has 3 heteroatoms. The molecule has 1 aliphatic rings. The first kappa shape index (κ1) is 12.1. The molecule has 0 bridgehead atoms. The molecular weight excluding hydrogens is 216 g/mol. The van der Waals surface area contributed by atoms with E-state index in [1.165, 1.54) is 5.56 Å². The lowest BCUT2D eigenvalue weighted by Gasteiger charge is -2.40. The molecule has 0 heterocycles. The molecule has 3 atom stereocenters. The summed E-state index contributed by atoms with van der Waals surface area (Å²) in [4.78, 5) is 11.2. The summed E-state index contributed by atoms with van der Waals surface area (Å²) >= 11 is 0. The minimum atomic E-state index is -0.487. The maximum Gasteiger partial charge on any atom is 0.305 e. The van der Waals surface area contributed by atoms with Crippen molar-refractivity contribution in [1.82, 2.24) is 0 Å². The van der Waals surface area contributed by atoms with E-state index in [2.05, 4.69) is 12.1 Å². The molecule has 0 aliphatic heterocycles. The first-order valence-corrected chi connectivity index (χ1v) is 6.12. The number of rotatable bonds is 4. The van der Waals surface area contributed by atoms with Gasteiger partial charge in [0.25, 0.3) is 0 Å².